The SMILES string of the molecule is C=CC[C@@H](N)c1cccc(OC)c1O.Cl. The van der Waals surface area contributed by atoms with Gasteiger partial charge in [-0.2, -0.15) is 0 Å². The van der Waals surface area contributed by atoms with Crippen LogP contribution in [0.1, 0.15) is 18.0 Å². The van der Waals surface area contributed by atoms with Gasteiger partial charge >= 0.3 is 0 Å². The first-order valence-electron chi connectivity index (χ1n) is 4.43. The van der Waals surface area contributed by atoms with Gasteiger partial charge in [0.2, 0.25) is 0 Å². The van der Waals surface area contributed by atoms with Gasteiger partial charge in [0.25, 0.3) is 0 Å². The van der Waals surface area contributed by atoms with Gasteiger partial charge in [-0.15, -0.1) is 19.0 Å². The normalized spacial score (nSPS) is 11.3. The topological polar surface area (TPSA) is 55.5 Å². The van der Waals surface area contributed by atoms with Crippen LogP contribution in [-0.4, -0.2) is 12.2 Å². The molecule has 4 heteroatoms. The predicted octanol–water partition coefficient (Wildman–Crippen LogP) is 2.40. The predicted molar refractivity (Wildman–Crippen MR) is 63.6 cm³/mol. The summed E-state index contributed by atoms with van der Waals surface area (Å²) in [7, 11) is 1.51. The van der Waals surface area contributed by atoms with Crippen molar-refractivity contribution < 1.29 is 9.84 Å². The van der Waals surface area contributed by atoms with Crippen molar-refractivity contribution in [2.75, 3.05) is 7.11 Å². The molecule has 84 valence electrons. The van der Waals surface area contributed by atoms with Gasteiger partial charge in [-0.3, -0.25) is 0 Å². The number of methoxy groups -OCH3 is 1. The summed E-state index contributed by atoms with van der Waals surface area (Å²) in [6.45, 7) is 3.61. The van der Waals surface area contributed by atoms with Crippen molar-refractivity contribution in [2.45, 2.75) is 12.5 Å². The van der Waals surface area contributed by atoms with Gasteiger partial charge in [-0.1, -0.05) is 18.2 Å². The van der Waals surface area contributed by atoms with Crippen molar-refractivity contribution in [1.29, 1.82) is 0 Å². The van der Waals surface area contributed by atoms with Crippen molar-refractivity contribution in [3.63, 3.8) is 0 Å². The van der Waals surface area contributed by atoms with Crippen LogP contribution in [0.5, 0.6) is 11.5 Å². The zero-order valence-corrected chi connectivity index (χ0v) is 9.46. The molecule has 3 N–H and O–H groups in total. The molecule has 0 aliphatic heterocycles. The third kappa shape index (κ3) is 3.15. The summed E-state index contributed by atoms with van der Waals surface area (Å²) in [4.78, 5) is 0. The van der Waals surface area contributed by atoms with Crippen molar-refractivity contribution in [2.24, 2.45) is 5.73 Å². The molecule has 1 rings (SSSR count). The fourth-order valence-electron chi connectivity index (χ4n) is 1.31. The van der Waals surface area contributed by atoms with Crippen molar-refractivity contribution in [3.05, 3.63) is 36.4 Å². The van der Waals surface area contributed by atoms with Crippen molar-refractivity contribution >= 4 is 12.4 Å². The number of hydrogen-bond acceptors (Lipinski definition) is 3. The Hall–Kier alpha value is -1.19. The van der Waals surface area contributed by atoms with Crippen molar-refractivity contribution in [1.82, 2.24) is 0 Å². The van der Waals surface area contributed by atoms with Gasteiger partial charge in [0.1, 0.15) is 0 Å². The summed E-state index contributed by atoms with van der Waals surface area (Å²) in [5.41, 5.74) is 6.53. The van der Waals surface area contributed by atoms with E-state index < -0.39 is 0 Å². The standard InChI is InChI=1S/C11H15NO2.ClH/c1-3-5-9(12)8-6-4-7-10(14-2)11(8)13;/h3-4,6-7,9,13H,1,5,12H2,2H3;1H/t9-;/m1./s1. The van der Waals surface area contributed by atoms with E-state index in [1.54, 1.807) is 24.3 Å². The minimum Gasteiger partial charge on any atom is -0.504 e. The Morgan fingerprint density at radius 1 is 1.60 bits per heavy atom. The van der Waals surface area contributed by atoms with Crippen LogP contribution in [0.3, 0.4) is 0 Å². The molecule has 0 radical (unpaired) electrons. The van der Waals surface area contributed by atoms with Crippen LogP contribution in [0, 0.1) is 0 Å². The Labute approximate surface area is 96.0 Å². The van der Waals surface area contributed by atoms with Gasteiger partial charge < -0.3 is 15.6 Å². The molecule has 0 aliphatic carbocycles. The maximum absolute atomic E-state index is 9.75. The number of benzene rings is 1. The number of nitrogens with two attached hydrogens (primary N) is 1. The molecule has 0 heterocycles. The molecule has 15 heavy (non-hydrogen) atoms. The quantitative estimate of drug-likeness (QED) is 0.780. The summed E-state index contributed by atoms with van der Waals surface area (Å²) in [6, 6.07) is 5.05. The van der Waals surface area contributed by atoms with Crippen LogP contribution in [-0.2, 0) is 0 Å². The van der Waals surface area contributed by atoms with E-state index in [9.17, 15) is 5.11 Å². The second-order valence-corrected chi connectivity index (χ2v) is 3.03. The van der Waals surface area contributed by atoms with Gasteiger partial charge in [-0.25, -0.2) is 0 Å². The molecule has 0 unspecified atom stereocenters. The Morgan fingerprint density at radius 2 is 2.27 bits per heavy atom. The maximum Gasteiger partial charge on any atom is 0.162 e. The smallest absolute Gasteiger partial charge is 0.162 e. The number of hydrogen-bond donors (Lipinski definition) is 2. The molecule has 0 saturated heterocycles. The molecule has 0 saturated carbocycles. The van der Waals surface area contributed by atoms with Crippen LogP contribution >= 0.6 is 12.4 Å². The molecule has 3 nitrogen and oxygen atoms in total. The number of halogens is 1. The molecule has 0 fully saturated rings. The summed E-state index contributed by atoms with van der Waals surface area (Å²) in [5, 5.41) is 9.75. The fourth-order valence-corrected chi connectivity index (χ4v) is 1.31. The number of phenolic OH excluding ortho intramolecular Hbond substituents is 1. The van der Waals surface area contributed by atoms with E-state index in [1.165, 1.54) is 7.11 Å². The van der Waals surface area contributed by atoms with E-state index in [1.807, 2.05) is 0 Å². The second-order valence-electron chi connectivity index (χ2n) is 3.03. The minimum atomic E-state index is -0.234. The second kappa shape index (κ2) is 6.32. The Kier molecular flexibility index (Phi) is 5.82. The van der Waals surface area contributed by atoms with E-state index in [0.717, 1.165) is 0 Å². The highest BCUT2D eigenvalue weighted by Gasteiger charge is 2.12. The molecule has 1 atom stereocenters. The monoisotopic (exact) mass is 229 g/mol. The molecule has 0 bridgehead atoms. The fraction of sp³-hybridized carbons (Fsp3) is 0.273. The minimum absolute atomic E-state index is 0. The average molecular weight is 230 g/mol. The third-order valence-corrected chi connectivity index (χ3v) is 2.07. The Morgan fingerprint density at radius 3 is 2.80 bits per heavy atom. The van der Waals surface area contributed by atoms with E-state index in [4.69, 9.17) is 10.5 Å². The lowest BCUT2D eigenvalue weighted by molar-refractivity contribution is 0.368. The lowest BCUT2D eigenvalue weighted by atomic mass is 10.0. The van der Waals surface area contributed by atoms with E-state index in [-0.39, 0.29) is 24.2 Å². The van der Waals surface area contributed by atoms with Gasteiger partial charge in [-0.05, 0) is 12.5 Å². The molecule has 0 aliphatic rings. The molecule has 0 amide bonds. The molecule has 0 spiro atoms. The van der Waals surface area contributed by atoms with Crippen LogP contribution in [0.15, 0.2) is 30.9 Å². The van der Waals surface area contributed by atoms with Gasteiger partial charge in [0, 0.05) is 11.6 Å². The summed E-state index contributed by atoms with van der Waals surface area (Å²) >= 11 is 0. The Bertz CT molecular complexity index is 328. The first kappa shape index (κ1) is 13.8. The number of ether oxygens (including phenoxy) is 1. The summed E-state index contributed by atoms with van der Waals surface area (Å²) < 4.78 is 4.98. The maximum atomic E-state index is 9.75. The highest BCUT2D eigenvalue weighted by atomic mass is 35.5. The van der Waals surface area contributed by atoms with Crippen LogP contribution < -0.4 is 10.5 Å². The Balaban J connectivity index is 0.00000196. The summed E-state index contributed by atoms with van der Waals surface area (Å²) in [5.74, 6) is 0.561. The largest absolute Gasteiger partial charge is 0.504 e. The highest BCUT2D eigenvalue weighted by molar-refractivity contribution is 5.85. The number of para-hydroxylation sites is 1. The zero-order valence-electron chi connectivity index (χ0n) is 8.64. The van der Waals surface area contributed by atoms with Gasteiger partial charge in [0.15, 0.2) is 11.5 Å². The molecule has 1 aromatic rings. The van der Waals surface area contributed by atoms with E-state index in [0.29, 0.717) is 17.7 Å². The van der Waals surface area contributed by atoms with Gasteiger partial charge in [0.05, 0.1) is 7.11 Å². The highest BCUT2D eigenvalue weighted by Crippen LogP contribution is 2.33. The number of aromatic hydroxyl groups is 1. The van der Waals surface area contributed by atoms with Crippen LogP contribution in [0.25, 0.3) is 0 Å². The lowest BCUT2D eigenvalue weighted by Crippen LogP contribution is -2.09. The summed E-state index contributed by atoms with van der Waals surface area (Å²) in [6.07, 6.45) is 2.35. The van der Waals surface area contributed by atoms with E-state index >= 15 is 0 Å². The molecule has 0 aromatic heterocycles. The third-order valence-electron chi connectivity index (χ3n) is 2.07. The molecular weight excluding hydrogens is 214 g/mol. The number of rotatable bonds is 4. The van der Waals surface area contributed by atoms with E-state index in [2.05, 4.69) is 6.58 Å². The molecule has 1 aromatic carbocycles. The first-order chi connectivity index (χ1) is 6.70. The number of phenols is 1. The van der Waals surface area contributed by atoms with Crippen LogP contribution in [0.2, 0.25) is 0 Å². The zero-order chi connectivity index (χ0) is 10.6. The lowest BCUT2D eigenvalue weighted by Gasteiger charge is -2.13. The van der Waals surface area contributed by atoms with Crippen LogP contribution in [0.4, 0.5) is 0 Å². The molecular formula is C11H16ClNO2. The van der Waals surface area contributed by atoms with Crippen molar-refractivity contribution in [3.8, 4) is 11.5 Å². The first-order valence-corrected chi connectivity index (χ1v) is 4.43. The average Bonchev–Trinajstić information content (AvgIpc) is 2.18.